The number of hydrogen-bond acceptors (Lipinski definition) is 6. The number of fused-ring (bicyclic) bond motifs is 1. The SMILES string of the molecule is O=C(C1CCNN1)N1CCN(Cc2ccc3c(c2)OCO3)CC1. The lowest BCUT2D eigenvalue weighted by molar-refractivity contribution is -0.135. The third-order valence-electron chi connectivity index (χ3n) is 4.66. The molecule has 7 nitrogen and oxygen atoms in total. The molecule has 0 saturated carbocycles. The fourth-order valence-electron chi connectivity index (χ4n) is 3.31. The van der Waals surface area contributed by atoms with Crippen LogP contribution < -0.4 is 20.3 Å². The number of nitrogens with one attached hydrogen (secondary N) is 2. The smallest absolute Gasteiger partial charge is 0.241 e. The van der Waals surface area contributed by atoms with Gasteiger partial charge < -0.3 is 14.4 Å². The lowest BCUT2D eigenvalue weighted by atomic mass is 10.1. The van der Waals surface area contributed by atoms with Crippen molar-refractivity contribution in [3.05, 3.63) is 23.8 Å². The van der Waals surface area contributed by atoms with Crippen molar-refractivity contribution >= 4 is 5.91 Å². The Labute approximate surface area is 135 Å². The fourth-order valence-corrected chi connectivity index (χ4v) is 3.31. The maximum absolute atomic E-state index is 12.4. The minimum atomic E-state index is -0.0598. The number of benzene rings is 1. The van der Waals surface area contributed by atoms with Crippen LogP contribution in [0.3, 0.4) is 0 Å². The molecule has 1 amide bonds. The Kier molecular flexibility index (Phi) is 4.07. The number of nitrogens with zero attached hydrogens (tertiary/aromatic N) is 2. The van der Waals surface area contributed by atoms with Gasteiger partial charge >= 0.3 is 0 Å². The third kappa shape index (κ3) is 3.12. The number of hydrogen-bond donors (Lipinski definition) is 2. The predicted octanol–water partition coefficient (Wildman–Crippen LogP) is -0.0740. The zero-order valence-corrected chi connectivity index (χ0v) is 13.1. The number of hydrazine groups is 1. The van der Waals surface area contributed by atoms with Gasteiger partial charge in [0.25, 0.3) is 0 Å². The van der Waals surface area contributed by atoms with E-state index in [4.69, 9.17) is 9.47 Å². The molecular weight excluding hydrogens is 296 g/mol. The summed E-state index contributed by atoms with van der Waals surface area (Å²) < 4.78 is 10.8. The summed E-state index contributed by atoms with van der Waals surface area (Å²) in [6.45, 7) is 5.44. The summed E-state index contributed by atoms with van der Waals surface area (Å²) in [5.41, 5.74) is 7.29. The van der Waals surface area contributed by atoms with Gasteiger partial charge in [-0.25, -0.2) is 5.43 Å². The Morgan fingerprint density at radius 2 is 2.00 bits per heavy atom. The molecule has 2 N–H and O–H groups in total. The molecule has 2 fully saturated rings. The summed E-state index contributed by atoms with van der Waals surface area (Å²) in [5, 5.41) is 0. The van der Waals surface area contributed by atoms with Gasteiger partial charge in [0.1, 0.15) is 6.04 Å². The van der Waals surface area contributed by atoms with Crippen LogP contribution >= 0.6 is 0 Å². The highest BCUT2D eigenvalue weighted by atomic mass is 16.7. The average Bonchev–Trinajstić information content (AvgIpc) is 3.26. The van der Waals surface area contributed by atoms with Crippen LogP contribution in [0.1, 0.15) is 12.0 Å². The molecule has 1 unspecified atom stereocenters. The van der Waals surface area contributed by atoms with E-state index in [1.165, 1.54) is 5.56 Å². The number of ether oxygens (including phenoxy) is 2. The highest BCUT2D eigenvalue weighted by molar-refractivity contribution is 5.82. The van der Waals surface area contributed by atoms with Crippen molar-refractivity contribution < 1.29 is 14.3 Å². The van der Waals surface area contributed by atoms with Crippen LogP contribution in [0, 0.1) is 0 Å². The predicted molar refractivity (Wildman–Crippen MR) is 84.0 cm³/mol. The second-order valence-electron chi connectivity index (χ2n) is 6.20. The molecule has 7 heteroatoms. The Bertz CT molecular complexity index is 581. The van der Waals surface area contributed by atoms with E-state index in [1.54, 1.807) is 0 Å². The summed E-state index contributed by atoms with van der Waals surface area (Å²) in [4.78, 5) is 16.7. The summed E-state index contributed by atoms with van der Waals surface area (Å²) in [6, 6.07) is 6.04. The van der Waals surface area contributed by atoms with Crippen molar-refractivity contribution in [2.24, 2.45) is 0 Å². The quantitative estimate of drug-likeness (QED) is 0.813. The van der Waals surface area contributed by atoms with Crippen LogP contribution in [-0.2, 0) is 11.3 Å². The van der Waals surface area contributed by atoms with Gasteiger partial charge in [0.15, 0.2) is 11.5 Å². The van der Waals surface area contributed by atoms with Crippen LogP contribution in [0.2, 0.25) is 0 Å². The van der Waals surface area contributed by atoms with E-state index in [2.05, 4.69) is 21.8 Å². The first kappa shape index (κ1) is 14.7. The molecule has 1 aromatic rings. The van der Waals surface area contributed by atoms with Crippen molar-refractivity contribution in [3.8, 4) is 11.5 Å². The normalized spacial score (nSPS) is 24.2. The van der Waals surface area contributed by atoms with Crippen LogP contribution in [0.4, 0.5) is 0 Å². The third-order valence-corrected chi connectivity index (χ3v) is 4.66. The van der Waals surface area contributed by atoms with Gasteiger partial charge in [-0.1, -0.05) is 6.07 Å². The monoisotopic (exact) mass is 318 g/mol. The number of amides is 1. The first-order chi connectivity index (χ1) is 11.3. The van der Waals surface area contributed by atoms with Gasteiger partial charge in [-0.2, -0.15) is 0 Å². The standard InChI is InChI=1S/C16H22N4O3/c21-16(13-3-4-17-18-13)20-7-5-19(6-8-20)10-12-1-2-14-15(9-12)23-11-22-14/h1-2,9,13,17-18H,3-8,10-11H2. The molecule has 23 heavy (non-hydrogen) atoms. The molecule has 0 bridgehead atoms. The average molecular weight is 318 g/mol. The van der Waals surface area contributed by atoms with Crippen molar-refractivity contribution in [3.63, 3.8) is 0 Å². The first-order valence-electron chi connectivity index (χ1n) is 8.18. The number of carbonyl (C=O) groups is 1. The van der Waals surface area contributed by atoms with Crippen LogP contribution in [-0.4, -0.2) is 61.3 Å². The molecule has 0 aromatic heterocycles. The van der Waals surface area contributed by atoms with E-state index < -0.39 is 0 Å². The van der Waals surface area contributed by atoms with Gasteiger partial charge in [-0.3, -0.25) is 15.1 Å². The van der Waals surface area contributed by atoms with Gasteiger partial charge in [0.05, 0.1) is 0 Å². The molecular formula is C16H22N4O3. The van der Waals surface area contributed by atoms with Crippen molar-refractivity contribution in [1.82, 2.24) is 20.7 Å². The van der Waals surface area contributed by atoms with Crippen LogP contribution in [0.25, 0.3) is 0 Å². The molecule has 3 aliphatic rings. The summed E-state index contributed by atoms with van der Waals surface area (Å²) >= 11 is 0. The zero-order valence-electron chi connectivity index (χ0n) is 13.1. The Balaban J connectivity index is 1.30. The Hall–Kier alpha value is -1.83. The molecule has 3 heterocycles. The molecule has 2 saturated heterocycles. The molecule has 3 aliphatic heterocycles. The number of piperazine rings is 1. The highest BCUT2D eigenvalue weighted by Gasteiger charge is 2.29. The molecule has 0 radical (unpaired) electrons. The molecule has 1 atom stereocenters. The van der Waals surface area contributed by atoms with Gasteiger partial charge in [0.2, 0.25) is 12.7 Å². The lowest BCUT2D eigenvalue weighted by Crippen LogP contribution is -2.53. The zero-order chi connectivity index (χ0) is 15.6. The molecule has 0 aliphatic carbocycles. The topological polar surface area (TPSA) is 66.1 Å². The fraction of sp³-hybridized carbons (Fsp3) is 0.562. The Morgan fingerprint density at radius 1 is 1.17 bits per heavy atom. The molecule has 0 spiro atoms. The Morgan fingerprint density at radius 3 is 2.78 bits per heavy atom. The lowest BCUT2D eigenvalue weighted by Gasteiger charge is -2.35. The molecule has 1 aromatic carbocycles. The van der Waals surface area contributed by atoms with Gasteiger partial charge in [-0.05, 0) is 24.1 Å². The maximum atomic E-state index is 12.4. The van der Waals surface area contributed by atoms with Crippen molar-refractivity contribution in [2.45, 2.75) is 19.0 Å². The van der Waals surface area contributed by atoms with E-state index in [0.29, 0.717) is 6.79 Å². The minimum absolute atomic E-state index is 0.0598. The second kappa shape index (κ2) is 6.35. The van der Waals surface area contributed by atoms with Crippen LogP contribution in [0.5, 0.6) is 11.5 Å². The van der Waals surface area contributed by atoms with E-state index in [-0.39, 0.29) is 11.9 Å². The van der Waals surface area contributed by atoms with E-state index >= 15 is 0 Å². The first-order valence-corrected chi connectivity index (χ1v) is 8.18. The summed E-state index contributed by atoms with van der Waals surface area (Å²) in [5.74, 6) is 1.87. The second-order valence-corrected chi connectivity index (χ2v) is 6.20. The highest BCUT2D eigenvalue weighted by Crippen LogP contribution is 2.32. The van der Waals surface area contributed by atoms with E-state index in [1.807, 2.05) is 17.0 Å². The largest absolute Gasteiger partial charge is 0.454 e. The van der Waals surface area contributed by atoms with E-state index in [0.717, 1.165) is 57.2 Å². The molecule has 124 valence electrons. The van der Waals surface area contributed by atoms with Gasteiger partial charge in [0, 0.05) is 39.3 Å². The molecule has 4 rings (SSSR count). The minimum Gasteiger partial charge on any atom is -0.454 e. The summed E-state index contributed by atoms with van der Waals surface area (Å²) in [7, 11) is 0. The maximum Gasteiger partial charge on any atom is 0.241 e. The van der Waals surface area contributed by atoms with Crippen LogP contribution in [0.15, 0.2) is 18.2 Å². The number of rotatable bonds is 3. The van der Waals surface area contributed by atoms with Crippen molar-refractivity contribution in [1.29, 1.82) is 0 Å². The van der Waals surface area contributed by atoms with E-state index in [9.17, 15) is 4.79 Å². The number of carbonyl (C=O) groups excluding carboxylic acids is 1. The van der Waals surface area contributed by atoms with Crippen molar-refractivity contribution in [2.75, 3.05) is 39.5 Å². The van der Waals surface area contributed by atoms with Gasteiger partial charge in [-0.15, -0.1) is 0 Å². The summed E-state index contributed by atoms with van der Waals surface area (Å²) in [6.07, 6.45) is 0.871.